The van der Waals surface area contributed by atoms with Crippen LogP contribution in [-0.4, -0.2) is 59.1 Å². The van der Waals surface area contributed by atoms with Crippen molar-refractivity contribution < 1.29 is 17.9 Å². The number of benzene rings is 1. The maximum atomic E-state index is 12.9. The van der Waals surface area contributed by atoms with E-state index in [4.69, 9.17) is 4.74 Å². The molecule has 2 unspecified atom stereocenters. The number of carbonyl (C=O) groups is 1. The molecule has 1 aromatic carbocycles. The summed E-state index contributed by atoms with van der Waals surface area (Å²) in [5.74, 6) is -0.286. The highest BCUT2D eigenvalue weighted by molar-refractivity contribution is 7.89. The Balaban J connectivity index is 1.83. The lowest BCUT2D eigenvalue weighted by Crippen LogP contribution is -2.48. The van der Waals surface area contributed by atoms with Gasteiger partial charge in [0.05, 0.1) is 17.1 Å². The van der Waals surface area contributed by atoms with Gasteiger partial charge in [-0.05, 0) is 32.0 Å². The summed E-state index contributed by atoms with van der Waals surface area (Å²) in [6.45, 7) is 4.22. The number of amides is 1. The molecule has 134 valence electrons. The van der Waals surface area contributed by atoms with Crippen molar-refractivity contribution in [2.75, 3.05) is 18.4 Å². The topological polar surface area (TPSA) is 117 Å². The predicted octanol–water partition coefficient (Wildman–Crippen LogP) is 0.855. The van der Waals surface area contributed by atoms with E-state index in [2.05, 4.69) is 20.5 Å². The lowest BCUT2D eigenvalue weighted by molar-refractivity contribution is -0.0440. The molecule has 1 fully saturated rings. The highest BCUT2D eigenvalue weighted by Gasteiger charge is 2.32. The number of nitrogens with zero attached hydrogens (tertiary/aromatic N) is 3. The molecule has 9 nitrogen and oxygen atoms in total. The van der Waals surface area contributed by atoms with Gasteiger partial charge in [0.1, 0.15) is 6.33 Å². The summed E-state index contributed by atoms with van der Waals surface area (Å²) in [7, 11) is -3.71. The first-order chi connectivity index (χ1) is 11.9. The number of hydrogen-bond donors (Lipinski definition) is 2. The number of carbonyl (C=O) groups excluding carboxylic acids is 1. The molecule has 2 atom stereocenters. The van der Waals surface area contributed by atoms with Gasteiger partial charge in [-0.15, -0.1) is 0 Å². The van der Waals surface area contributed by atoms with Gasteiger partial charge in [-0.1, -0.05) is 6.07 Å². The molecule has 2 aromatic rings. The highest BCUT2D eigenvalue weighted by Crippen LogP contribution is 2.22. The third kappa shape index (κ3) is 3.86. The van der Waals surface area contributed by atoms with E-state index in [9.17, 15) is 13.2 Å². The lowest BCUT2D eigenvalue weighted by Gasteiger charge is -2.34. The van der Waals surface area contributed by atoms with Crippen LogP contribution in [0.25, 0.3) is 0 Å². The Morgan fingerprint density at radius 3 is 2.68 bits per heavy atom. The van der Waals surface area contributed by atoms with E-state index in [1.807, 2.05) is 13.8 Å². The molecule has 2 heterocycles. The van der Waals surface area contributed by atoms with E-state index in [-0.39, 0.29) is 41.7 Å². The van der Waals surface area contributed by atoms with Crippen LogP contribution in [0.1, 0.15) is 24.2 Å². The first-order valence-corrected chi connectivity index (χ1v) is 9.22. The third-order valence-electron chi connectivity index (χ3n) is 3.77. The summed E-state index contributed by atoms with van der Waals surface area (Å²) in [6, 6.07) is 5.90. The van der Waals surface area contributed by atoms with Crippen LogP contribution in [0.4, 0.5) is 5.95 Å². The van der Waals surface area contributed by atoms with Crippen LogP contribution in [0.3, 0.4) is 0 Å². The Bertz CT molecular complexity index is 843. The van der Waals surface area contributed by atoms with Gasteiger partial charge in [-0.25, -0.2) is 13.5 Å². The molecule has 0 bridgehead atoms. The standard InChI is InChI=1S/C15H19N5O4S/c1-10-7-20(8-11(2)24-10)25(22,23)13-5-3-4-12(6-13)14(21)18-15-16-9-17-19-15/h3-6,9-11H,7-8H2,1-2H3,(H2,16,17,18,19,21). The van der Waals surface area contributed by atoms with Gasteiger partial charge < -0.3 is 4.74 Å². The average Bonchev–Trinajstić information content (AvgIpc) is 3.07. The van der Waals surface area contributed by atoms with Crippen LogP contribution >= 0.6 is 0 Å². The van der Waals surface area contributed by atoms with Gasteiger partial charge in [0.15, 0.2) is 0 Å². The first kappa shape index (κ1) is 17.5. The van der Waals surface area contributed by atoms with E-state index in [1.165, 1.54) is 34.9 Å². The molecule has 0 saturated carbocycles. The number of H-pyrrole nitrogens is 1. The average molecular weight is 365 g/mol. The van der Waals surface area contributed by atoms with E-state index in [0.717, 1.165) is 0 Å². The third-order valence-corrected chi connectivity index (χ3v) is 5.59. The van der Waals surface area contributed by atoms with Gasteiger partial charge in [-0.2, -0.15) is 14.4 Å². The van der Waals surface area contributed by atoms with E-state index >= 15 is 0 Å². The van der Waals surface area contributed by atoms with E-state index in [0.29, 0.717) is 0 Å². The Hall–Kier alpha value is -2.30. The second kappa shape index (κ2) is 6.90. The summed E-state index contributed by atoms with van der Waals surface area (Å²) in [5.41, 5.74) is 0.215. The molecule has 1 aliphatic heterocycles. The SMILES string of the molecule is CC1CN(S(=O)(=O)c2cccc(C(=O)Nc3ncn[nH]3)c2)CC(C)O1. The zero-order valence-electron chi connectivity index (χ0n) is 13.8. The number of rotatable bonds is 4. The molecule has 1 aromatic heterocycles. The smallest absolute Gasteiger partial charge is 0.258 e. The predicted molar refractivity (Wildman–Crippen MR) is 89.5 cm³/mol. The van der Waals surface area contributed by atoms with Gasteiger partial charge >= 0.3 is 0 Å². The molecule has 25 heavy (non-hydrogen) atoms. The van der Waals surface area contributed by atoms with Crippen molar-refractivity contribution >= 4 is 21.9 Å². The number of anilines is 1. The molecular formula is C15H19N5O4S. The van der Waals surface area contributed by atoms with Gasteiger partial charge in [0.2, 0.25) is 16.0 Å². The Morgan fingerprint density at radius 1 is 1.32 bits per heavy atom. The Kier molecular flexibility index (Phi) is 4.84. The van der Waals surface area contributed by atoms with E-state index in [1.54, 1.807) is 0 Å². The van der Waals surface area contributed by atoms with Crippen LogP contribution in [0.15, 0.2) is 35.5 Å². The van der Waals surface area contributed by atoms with Crippen molar-refractivity contribution in [2.45, 2.75) is 31.0 Å². The minimum atomic E-state index is -3.71. The van der Waals surface area contributed by atoms with Crippen LogP contribution in [0.2, 0.25) is 0 Å². The summed E-state index contributed by atoms with van der Waals surface area (Å²) >= 11 is 0. The maximum absolute atomic E-state index is 12.9. The zero-order chi connectivity index (χ0) is 18.0. The van der Waals surface area contributed by atoms with Gasteiger partial charge in [0.25, 0.3) is 5.91 Å². The maximum Gasteiger partial charge on any atom is 0.258 e. The lowest BCUT2D eigenvalue weighted by atomic mass is 10.2. The fourth-order valence-electron chi connectivity index (χ4n) is 2.72. The van der Waals surface area contributed by atoms with Crippen molar-refractivity contribution in [1.29, 1.82) is 0 Å². The second-order valence-corrected chi connectivity index (χ2v) is 7.83. The van der Waals surface area contributed by atoms with Crippen molar-refractivity contribution in [2.24, 2.45) is 0 Å². The zero-order valence-corrected chi connectivity index (χ0v) is 14.7. The van der Waals surface area contributed by atoms with Gasteiger partial charge in [-0.3, -0.25) is 10.1 Å². The number of morpholine rings is 1. The Morgan fingerprint density at radius 2 is 2.04 bits per heavy atom. The monoisotopic (exact) mass is 365 g/mol. The van der Waals surface area contributed by atoms with E-state index < -0.39 is 15.9 Å². The fourth-order valence-corrected chi connectivity index (χ4v) is 4.36. The quantitative estimate of drug-likeness (QED) is 0.830. The largest absolute Gasteiger partial charge is 0.373 e. The van der Waals surface area contributed by atoms with Crippen LogP contribution in [0, 0.1) is 0 Å². The number of aromatic amines is 1. The van der Waals surface area contributed by atoms with Crippen molar-refractivity contribution in [1.82, 2.24) is 19.5 Å². The van der Waals surface area contributed by atoms with Crippen molar-refractivity contribution in [3.05, 3.63) is 36.2 Å². The Labute approximate surface area is 145 Å². The molecule has 1 saturated heterocycles. The van der Waals surface area contributed by atoms with Crippen LogP contribution < -0.4 is 5.32 Å². The molecular weight excluding hydrogens is 346 g/mol. The molecule has 0 spiro atoms. The number of sulfonamides is 1. The molecule has 3 rings (SSSR count). The number of hydrogen-bond acceptors (Lipinski definition) is 6. The summed E-state index contributed by atoms with van der Waals surface area (Å²) in [5, 5.41) is 8.66. The number of ether oxygens (including phenoxy) is 1. The number of nitrogens with one attached hydrogen (secondary N) is 2. The fraction of sp³-hybridized carbons (Fsp3) is 0.400. The first-order valence-electron chi connectivity index (χ1n) is 7.78. The summed E-state index contributed by atoms with van der Waals surface area (Å²) < 4.78 is 32.7. The number of aromatic nitrogens is 3. The van der Waals surface area contributed by atoms with Crippen molar-refractivity contribution in [3.8, 4) is 0 Å². The van der Waals surface area contributed by atoms with Crippen LogP contribution in [0.5, 0.6) is 0 Å². The molecule has 1 amide bonds. The summed E-state index contributed by atoms with van der Waals surface area (Å²) in [6.07, 6.45) is 0.893. The van der Waals surface area contributed by atoms with Crippen LogP contribution in [-0.2, 0) is 14.8 Å². The highest BCUT2D eigenvalue weighted by atomic mass is 32.2. The van der Waals surface area contributed by atoms with Gasteiger partial charge in [0, 0.05) is 18.7 Å². The molecule has 0 aliphatic carbocycles. The molecule has 10 heteroatoms. The minimum Gasteiger partial charge on any atom is -0.373 e. The molecule has 1 aliphatic rings. The molecule has 0 radical (unpaired) electrons. The molecule has 2 N–H and O–H groups in total. The second-order valence-electron chi connectivity index (χ2n) is 5.90. The normalized spacial score (nSPS) is 21.8. The van der Waals surface area contributed by atoms with Crippen molar-refractivity contribution in [3.63, 3.8) is 0 Å². The minimum absolute atomic E-state index is 0.0685. The summed E-state index contributed by atoms with van der Waals surface area (Å²) in [4.78, 5) is 16.1.